The van der Waals surface area contributed by atoms with Crippen LogP contribution in [0.5, 0.6) is 0 Å². The molecule has 0 spiro atoms. The van der Waals surface area contributed by atoms with Gasteiger partial charge in [-0.3, -0.25) is 4.79 Å². The molecule has 1 aromatic rings. The Kier molecular flexibility index (Phi) is 3.57. The summed E-state index contributed by atoms with van der Waals surface area (Å²) in [6.07, 6.45) is -4.35. The number of aryl methyl sites for hydroxylation is 1. The van der Waals surface area contributed by atoms with Gasteiger partial charge in [-0.1, -0.05) is 12.1 Å². The fourth-order valence-electron chi connectivity index (χ4n) is 1.31. The molecule has 0 aliphatic heterocycles. The van der Waals surface area contributed by atoms with Gasteiger partial charge in [0.2, 0.25) is 5.91 Å². The van der Waals surface area contributed by atoms with Crippen LogP contribution in [0.4, 0.5) is 13.2 Å². The molecule has 1 N–H and O–H groups in total. The third-order valence-corrected chi connectivity index (χ3v) is 2.15. The van der Waals surface area contributed by atoms with E-state index in [0.29, 0.717) is 5.56 Å². The smallest absolute Gasteiger partial charge is 0.352 e. The Morgan fingerprint density at radius 2 is 2.00 bits per heavy atom. The van der Waals surface area contributed by atoms with Gasteiger partial charge >= 0.3 is 6.18 Å². The Bertz CT molecular complexity index is 399. The van der Waals surface area contributed by atoms with Crippen molar-refractivity contribution >= 4 is 5.91 Å². The highest BCUT2D eigenvalue weighted by molar-refractivity contribution is 5.72. The second-order valence-electron chi connectivity index (χ2n) is 3.56. The standard InChI is InChI=1S/C11H12F3NO/c1-7-3-4-9(6-15-8(2)16)5-10(7)11(12,13)14/h3-5H,6H2,1-2H3,(H,15,16). The molecular formula is C11H12F3NO. The van der Waals surface area contributed by atoms with Crippen LogP contribution in [0.25, 0.3) is 0 Å². The molecule has 0 aliphatic carbocycles. The van der Waals surface area contributed by atoms with Crippen molar-refractivity contribution in [2.75, 3.05) is 0 Å². The molecule has 0 saturated heterocycles. The van der Waals surface area contributed by atoms with Crippen LogP contribution in [0.2, 0.25) is 0 Å². The van der Waals surface area contributed by atoms with Crippen LogP contribution in [0, 0.1) is 6.92 Å². The summed E-state index contributed by atoms with van der Waals surface area (Å²) < 4.78 is 37.6. The van der Waals surface area contributed by atoms with Crippen LogP contribution in [-0.4, -0.2) is 5.91 Å². The Labute approximate surface area is 91.5 Å². The maximum Gasteiger partial charge on any atom is 0.416 e. The molecule has 1 aromatic carbocycles. The molecule has 0 fully saturated rings. The molecule has 1 amide bonds. The lowest BCUT2D eigenvalue weighted by molar-refractivity contribution is -0.138. The van der Waals surface area contributed by atoms with Crippen molar-refractivity contribution in [1.82, 2.24) is 5.32 Å². The fraction of sp³-hybridized carbons (Fsp3) is 0.364. The summed E-state index contributed by atoms with van der Waals surface area (Å²) in [6.45, 7) is 2.84. The first-order valence-electron chi connectivity index (χ1n) is 4.72. The van der Waals surface area contributed by atoms with Gasteiger partial charge in [0.1, 0.15) is 0 Å². The molecule has 0 aromatic heterocycles. The predicted octanol–water partition coefficient (Wildman–Crippen LogP) is 2.65. The van der Waals surface area contributed by atoms with E-state index in [0.717, 1.165) is 6.07 Å². The van der Waals surface area contributed by atoms with Gasteiger partial charge in [-0.2, -0.15) is 13.2 Å². The van der Waals surface area contributed by atoms with E-state index in [9.17, 15) is 18.0 Å². The second-order valence-corrected chi connectivity index (χ2v) is 3.56. The van der Waals surface area contributed by atoms with E-state index in [2.05, 4.69) is 5.32 Å². The van der Waals surface area contributed by atoms with Gasteiger partial charge in [0, 0.05) is 13.5 Å². The minimum absolute atomic E-state index is 0.110. The fourth-order valence-corrected chi connectivity index (χ4v) is 1.31. The van der Waals surface area contributed by atoms with E-state index in [-0.39, 0.29) is 18.0 Å². The summed E-state index contributed by atoms with van der Waals surface area (Å²) in [6, 6.07) is 4.03. The first-order chi connectivity index (χ1) is 7.30. The van der Waals surface area contributed by atoms with Crippen molar-refractivity contribution in [2.24, 2.45) is 0 Å². The van der Waals surface area contributed by atoms with E-state index in [4.69, 9.17) is 0 Å². The number of nitrogens with one attached hydrogen (secondary N) is 1. The monoisotopic (exact) mass is 231 g/mol. The molecule has 88 valence electrons. The van der Waals surface area contributed by atoms with Crippen LogP contribution in [-0.2, 0) is 17.5 Å². The number of rotatable bonds is 2. The molecule has 2 nitrogen and oxygen atoms in total. The Balaban J connectivity index is 2.94. The van der Waals surface area contributed by atoms with Gasteiger partial charge in [-0.15, -0.1) is 0 Å². The Morgan fingerprint density at radius 1 is 1.38 bits per heavy atom. The van der Waals surface area contributed by atoms with Crippen LogP contribution in [0.15, 0.2) is 18.2 Å². The molecule has 0 radical (unpaired) electrons. The zero-order valence-electron chi connectivity index (χ0n) is 8.98. The molecule has 1 rings (SSSR count). The molecule has 0 atom stereocenters. The SMILES string of the molecule is CC(=O)NCc1ccc(C)c(C(F)(F)F)c1. The van der Waals surface area contributed by atoms with Gasteiger partial charge in [0.05, 0.1) is 5.56 Å². The predicted molar refractivity (Wildman–Crippen MR) is 53.7 cm³/mol. The molecule has 0 heterocycles. The average Bonchev–Trinajstić information content (AvgIpc) is 2.14. The highest BCUT2D eigenvalue weighted by Crippen LogP contribution is 2.32. The lowest BCUT2D eigenvalue weighted by atomic mass is 10.0. The van der Waals surface area contributed by atoms with Gasteiger partial charge in [0.25, 0.3) is 0 Å². The van der Waals surface area contributed by atoms with Crippen LogP contribution in [0.1, 0.15) is 23.6 Å². The van der Waals surface area contributed by atoms with Crippen molar-refractivity contribution in [3.8, 4) is 0 Å². The summed E-state index contributed by atoms with van der Waals surface area (Å²) in [4.78, 5) is 10.6. The lowest BCUT2D eigenvalue weighted by Gasteiger charge is -2.12. The van der Waals surface area contributed by atoms with Gasteiger partial charge in [0.15, 0.2) is 0 Å². The van der Waals surface area contributed by atoms with Crippen molar-refractivity contribution in [3.63, 3.8) is 0 Å². The van der Waals surface area contributed by atoms with E-state index >= 15 is 0 Å². The highest BCUT2D eigenvalue weighted by atomic mass is 19.4. The molecule has 0 bridgehead atoms. The first kappa shape index (κ1) is 12.5. The Hall–Kier alpha value is -1.52. The number of amides is 1. The summed E-state index contributed by atoms with van der Waals surface area (Å²) in [5, 5.41) is 2.45. The van der Waals surface area contributed by atoms with Gasteiger partial charge in [-0.25, -0.2) is 0 Å². The van der Waals surface area contributed by atoms with E-state index in [1.54, 1.807) is 6.07 Å². The largest absolute Gasteiger partial charge is 0.416 e. The molecule has 16 heavy (non-hydrogen) atoms. The molecule has 5 heteroatoms. The maximum absolute atomic E-state index is 12.5. The van der Waals surface area contributed by atoms with E-state index in [1.165, 1.54) is 19.9 Å². The van der Waals surface area contributed by atoms with Crippen molar-refractivity contribution in [1.29, 1.82) is 0 Å². The topological polar surface area (TPSA) is 29.1 Å². The number of carbonyl (C=O) groups excluding carboxylic acids is 1. The summed E-state index contributed by atoms with van der Waals surface area (Å²) in [5.74, 6) is -0.269. The maximum atomic E-state index is 12.5. The molecule has 0 aliphatic rings. The van der Waals surface area contributed by atoms with Gasteiger partial charge in [-0.05, 0) is 24.1 Å². The second kappa shape index (κ2) is 4.55. The number of hydrogen-bond donors (Lipinski definition) is 1. The zero-order valence-corrected chi connectivity index (χ0v) is 8.98. The minimum atomic E-state index is -4.35. The van der Waals surface area contributed by atoms with Crippen molar-refractivity contribution in [3.05, 3.63) is 34.9 Å². The number of alkyl halides is 3. The quantitative estimate of drug-likeness (QED) is 0.832. The average molecular weight is 231 g/mol. The van der Waals surface area contributed by atoms with Gasteiger partial charge < -0.3 is 5.32 Å². The van der Waals surface area contributed by atoms with E-state index in [1.807, 2.05) is 0 Å². The minimum Gasteiger partial charge on any atom is -0.352 e. The number of carbonyl (C=O) groups is 1. The molecular weight excluding hydrogens is 219 g/mol. The van der Waals surface area contributed by atoms with Crippen LogP contribution < -0.4 is 5.32 Å². The molecule has 0 unspecified atom stereocenters. The number of benzene rings is 1. The first-order valence-corrected chi connectivity index (χ1v) is 4.72. The Morgan fingerprint density at radius 3 is 2.50 bits per heavy atom. The van der Waals surface area contributed by atoms with Crippen molar-refractivity contribution in [2.45, 2.75) is 26.6 Å². The zero-order chi connectivity index (χ0) is 12.3. The number of hydrogen-bond acceptors (Lipinski definition) is 1. The summed E-state index contributed by atoms with van der Waals surface area (Å²) >= 11 is 0. The van der Waals surface area contributed by atoms with Crippen LogP contribution >= 0.6 is 0 Å². The number of halogens is 3. The van der Waals surface area contributed by atoms with Crippen LogP contribution in [0.3, 0.4) is 0 Å². The molecule has 0 saturated carbocycles. The third kappa shape index (κ3) is 3.25. The summed E-state index contributed by atoms with van der Waals surface area (Å²) in [7, 11) is 0. The lowest BCUT2D eigenvalue weighted by Crippen LogP contribution is -2.19. The van der Waals surface area contributed by atoms with Crippen molar-refractivity contribution < 1.29 is 18.0 Å². The highest BCUT2D eigenvalue weighted by Gasteiger charge is 2.32. The normalized spacial score (nSPS) is 11.3. The third-order valence-electron chi connectivity index (χ3n) is 2.15. The van der Waals surface area contributed by atoms with E-state index < -0.39 is 11.7 Å². The summed E-state index contributed by atoms with van der Waals surface area (Å²) in [5.41, 5.74) is -0.0393.